The van der Waals surface area contributed by atoms with Gasteiger partial charge in [0.05, 0.1) is 35.7 Å². The van der Waals surface area contributed by atoms with Crippen molar-refractivity contribution in [1.82, 2.24) is 24.8 Å². The highest BCUT2D eigenvalue weighted by Crippen LogP contribution is 2.23. The van der Waals surface area contributed by atoms with Crippen molar-refractivity contribution in [3.8, 4) is 0 Å². The molecule has 0 aliphatic carbocycles. The second-order valence-electron chi connectivity index (χ2n) is 7.30. The Bertz CT molecular complexity index is 1100. The molecule has 0 saturated carbocycles. The number of rotatable bonds is 8. The summed E-state index contributed by atoms with van der Waals surface area (Å²) in [6.07, 6.45) is 2.13. The Morgan fingerprint density at radius 3 is 3.03 bits per heavy atom. The van der Waals surface area contributed by atoms with Crippen molar-refractivity contribution >= 4 is 40.3 Å². The number of halogens is 2. The molecule has 2 atom stereocenters. The summed E-state index contributed by atoms with van der Waals surface area (Å²) in [4.78, 5) is 24.1. The molecule has 0 spiro atoms. The molecule has 1 aliphatic heterocycles. The summed E-state index contributed by atoms with van der Waals surface area (Å²) >= 11 is 12.0. The lowest BCUT2D eigenvalue weighted by Gasteiger charge is -2.24. The number of ether oxygens (including phenoxy) is 2. The van der Waals surface area contributed by atoms with Crippen LogP contribution in [-0.4, -0.2) is 51.9 Å². The summed E-state index contributed by atoms with van der Waals surface area (Å²) in [6.45, 7) is 5.24. The summed E-state index contributed by atoms with van der Waals surface area (Å²) < 4.78 is 13.3. The zero-order valence-corrected chi connectivity index (χ0v) is 18.5. The molecule has 11 heteroatoms. The van der Waals surface area contributed by atoms with Crippen LogP contribution in [0.1, 0.15) is 25.1 Å². The fraction of sp³-hybridized carbons (Fsp3) is 0.450. The van der Waals surface area contributed by atoms with Crippen LogP contribution >= 0.6 is 23.2 Å². The maximum Gasteiger partial charge on any atom is 0.278 e. The third kappa shape index (κ3) is 5.36. The van der Waals surface area contributed by atoms with E-state index in [1.165, 1.54) is 0 Å². The van der Waals surface area contributed by atoms with Crippen LogP contribution in [0.15, 0.2) is 29.3 Å². The molecule has 0 amide bonds. The van der Waals surface area contributed by atoms with Crippen molar-refractivity contribution < 1.29 is 9.47 Å². The Labute approximate surface area is 189 Å². The van der Waals surface area contributed by atoms with E-state index >= 15 is 0 Å². The van der Waals surface area contributed by atoms with Crippen LogP contribution in [0.5, 0.6) is 0 Å². The number of anilines is 1. The highest BCUT2D eigenvalue weighted by atomic mass is 35.5. The second kappa shape index (κ2) is 9.97. The van der Waals surface area contributed by atoms with Crippen LogP contribution < -0.4 is 16.2 Å². The average Bonchev–Trinajstić information content (AvgIpc) is 3.20. The molecule has 31 heavy (non-hydrogen) atoms. The normalized spacial score (nSPS) is 17.7. The van der Waals surface area contributed by atoms with E-state index in [4.69, 9.17) is 32.7 Å². The van der Waals surface area contributed by atoms with E-state index < -0.39 is 0 Å². The summed E-state index contributed by atoms with van der Waals surface area (Å²) in [6, 6.07) is 5.33. The Kier molecular flexibility index (Phi) is 7.09. The van der Waals surface area contributed by atoms with Gasteiger partial charge in [0, 0.05) is 19.6 Å². The van der Waals surface area contributed by atoms with Gasteiger partial charge in [0.25, 0.3) is 5.56 Å². The zero-order chi connectivity index (χ0) is 21.8. The van der Waals surface area contributed by atoms with Gasteiger partial charge in [-0.1, -0.05) is 29.3 Å². The number of aromatic nitrogens is 4. The molecule has 3 aromatic rings. The number of nitrogens with one attached hydrogen (secondary N) is 3. The minimum Gasteiger partial charge on any atom is -0.375 e. The van der Waals surface area contributed by atoms with Crippen molar-refractivity contribution in [1.29, 1.82) is 0 Å². The number of nitrogens with zero attached hydrogens (tertiary/aromatic N) is 3. The number of fused-ring (bicyclic) bond motifs is 1. The molecule has 3 heterocycles. The highest BCUT2D eigenvalue weighted by Gasteiger charge is 2.17. The second-order valence-corrected chi connectivity index (χ2v) is 8.11. The summed E-state index contributed by atoms with van der Waals surface area (Å²) in [5.41, 5.74) is 1.31. The van der Waals surface area contributed by atoms with Gasteiger partial charge in [-0.3, -0.25) is 14.3 Å². The van der Waals surface area contributed by atoms with E-state index in [-0.39, 0.29) is 17.9 Å². The minimum atomic E-state index is -0.362. The molecule has 1 aromatic carbocycles. The van der Waals surface area contributed by atoms with E-state index in [1.54, 1.807) is 23.0 Å². The molecule has 9 nitrogen and oxygen atoms in total. The van der Waals surface area contributed by atoms with Gasteiger partial charge in [-0.05, 0) is 31.0 Å². The van der Waals surface area contributed by atoms with Gasteiger partial charge in [-0.25, -0.2) is 4.98 Å². The molecule has 3 N–H and O–H groups in total. The third-order valence-electron chi connectivity index (χ3n) is 5.08. The number of hydrogen-bond acceptors (Lipinski definition) is 7. The third-order valence-corrected chi connectivity index (χ3v) is 5.82. The van der Waals surface area contributed by atoms with Gasteiger partial charge in [-0.15, -0.1) is 0 Å². The number of imidazole rings is 1. The van der Waals surface area contributed by atoms with Gasteiger partial charge < -0.3 is 20.1 Å². The number of hydrogen-bond donors (Lipinski definition) is 3. The van der Waals surface area contributed by atoms with Gasteiger partial charge >= 0.3 is 0 Å². The largest absolute Gasteiger partial charge is 0.375 e. The number of aromatic amines is 1. The molecule has 1 fully saturated rings. The monoisotopic (exact) mass is 466 g/mol. The SMILES string of the molecule is CC(OCCC1CNCCO1)n1cnc2nc(NCc3ccc(Cl)c(Cl)c3)[nH]c(=O)c21. The predicted octanol–water partition coefficient (Wildman–Crippen LogP) is 2.95. The smallest absolute Gasteiger partial charge is 0.278 e. The lowest BCUT2D eigenvalue weighted by Crippen LogP contribution is -2.39. The van der Waals surface area contributed by atoms with Crippen LogP contribution in [0.2, 0.25) is 10.0 Å². The van der Waals surface area contributed by atoms with Gasteiger partial charge in [-0.2, -0.15) is 4.98 Å². The van der Waals surface area contributed by atoms with Gasteiger partial charge in [0.1, 0.15) is 6.23 Å². The van der Waals surface area contributed by atoms with Crippen molar-refractivity contribution in [3.05, 3.63) is 50.5 Å². The average molecular weight is 467 g/mol. The molecule has 0 bridgehead atoms. The molecule has 1 aliphatic rings. The standard InChI is InChI=1S/C20H24Cl2N6O3/c1-12(30-6-4-14-10-23-5-7-31-14)28-11-25-18-17(28)19(29)27-20(26-18)24-9-13-2-3-15(21)16(22)8-13/h2-3,8,11-12,14,23H,4-7,9-10H2,1H3,(H2,24,26,27,29). The van der Waals surface area contributed by atoms with E-state index in [9.17, 15) is 4.79 Å². The minimum absolute atomic E-state index is 0.148. The first-order valence-electron chi connectivity index (χ1n) is 10.1. The molecular weight excluding hydrogens is 443 g/mol. The van der Waals surface area contributed by atoms with Crippen molar-refractivity contribution in [2.24, 2.45) is 0 Å². The van der Waals surface area contributed by atoms with Crippen LogP contribution in [0, 0.1) is 0 Å². The van der Waals surface area contributed by atoms with Crippen LogP contribution in [0.4, 0.5) is 5.95 Å². The van der Waals surface area contributed by atoms with Crippen LogP contribution in [0.3, 0.4) is 0 Å². The zero-order valence-electron chi connectivity index (χ0n) is 17.0. The predicted molar refractivity (Wildman–Crippen MR) is 120 cm³/mol. The Morgan fingerprint density at radius 2 is 2.26 bits per heavy atom. The maximum atomic E-state index is 12.7. The van der Waals surface area contributed by atoms with E-state index in [1.807, 2.05) is 13.0 Å². The lowest BCUT2D eigenvalue weighted by atomic mass is 10.2. The Balaban J connectivity index is 1.40. The topological polar surface area (TPSA) is 106 Å². The Hall–Kier alpha value is -2.17. The first-order valence-corrected chi connectivity index (χ1v) is 10.9. The maximum absolute atomic E-state index is 12.7. The number of H-pyrrole nitrogens is 1. The highest BCUT2D eigenvalue weighted by molar-refractivity contribution is 6.42. The van der Waals surface area contributed by atoms with Crippen molar-refractivity contribution in [2.75, 3.05) is 31.6 Å². The summed E-state index contributed by atoms with van der Waals surface area (Å²) in [5, 5.41) is 7.33. The molecule has 0 radical (unpaired) electrons. The molecule has 2 aromatic heterocycles. The molecule has 2 unspecified atom stereocenters. The lowest BCUT2D eigenvalue weighted by molar-refractivity contribution is -0.0276. The fourth-order valence-corrected chi connectivity index (χ4v) is 3.72. The summed E-state index contributed by atoms with van der Waals surface area (Å²) in [5.74, 6) is 0.323. The molecule has 4 rings (SSSR count). The van der Waals surface area contributed by atoms with Crippen molar-refractivity contribution in [2.45, 2.75) is 32.2 Å². The molecule has 166 valence electrons. The quantitative estimate of drug-likeness (QED) is 0.468. The fourth-order valence-electron chi connectivity index (χ4n) is 3.40. The summed E-state index contributed by atoms with van der Waals surface area (Å²) in [7, 11) is 0. The molecule has 1 saturated heterocycles. The van der Waals surface area contributed by atoms with Gasteiger partial charge in [0.2, 0.25) is 5.95 Å². The van der Waals surface area contributed by atoms with Crippen LogP contribution in [-0.2, 0) is 16.0 Å². The Morgan fingerprint density at radius 1 is 1.39 bits per heavy atom. The van der Waals surface area contributed by atoms with E-state index in [2.05, 4.69) is 25.6 Å². The van der Waals surface area contributed by atoms with E-state index in [0.29, 0.717) is 40.3 Å². The molecular formula is C20H24Cl2N6O3. The van der Waals surface area contributed by atoms with E-state index in [0.717, 1.165) is 31.7 Å². The first kappa shape index (κ1) is 22.0. The number of morpholine rings is 1. The van der Waals surface area contributed by atoms with Gasteiger partial charge in [0.15, 0.2) is 11.2 Å². The van der Waals surface area contributed by atoms with Crippen LogP contribution in [0.25, 0.3) is 11.2 Å². The van der Waals surface area contributed by atoms with Crippen molar-refractivity contribution in [3.63, 3.8) is 0 Å². The first-order chi connectivity index (χ1) is 15.0. The number of benzene rings is 1.